The third-order valence-corrected chi connectivity index (χ3v) is 8.82. The highest BCUT2D eigenvalue weighted by atomic mass is 79.9. The molecular formula is C20H24Br2N2O2. The van der Waals surface area contributed by atoms with Gasteiger partial charge in [0.2, 0.25) is 0 Å². The predicted octanol–water partition coefficient (Wildman–Crippen LogP) is 5.50. The van der Waals surface area contributed by atoms with Gasteiger partial charge in [-0.15, -0.1) is 0 Å². The molecule has 0 saturated carbocycles. The van der Waals surface area contributed by atoms with E-state index in [1.54, 1.807) is 0 Å². The Morgan fingerprint density at radius 1 is 1.42 bits per heavy atom. The number of H-pyrrole nitrogens is 1. The number of carboxylic acids is 1. The number of nitrogens with one attached hydrogen (secondary N) is 1. The molecule has 1 aromatic carbocycles. The summed E-state index contributed by atoms with van der Waals surface area (Å²) in [4.78, 5) is 18.2. The fourth-order valence-electron chi connectivity index (χ4n) is 5.38. The van der Waals surface area contributed by atoms with Gasteiger partial charge in [0.25, 0.3) is 0 Å². The Hall–Kier alpha value is -0.850. The van der Waals surface area contributed by atoms with Crippen molar-refractivity contribution in [3.63, 3.8) is 0 Å². The van der Waals surface area contributed by atoms with Gasteiger partial charge in [0.1, 0.15) is 0 Å². The highest BCUT2D eigenvalue weighted by Gasteiger charge is 2.52. The minimum atomic E-state index is -0.680. The maximum absolute atomic E-state index is 12.0. The van der Waals surface area contributed by atoms with Crippen LogP contribution < -0.4 is 0 Å². The van der Waals surface area contributed by atoms with Crippen LogP contribution in [0, 0.1) is 11.3 Å². The molecule has 2 aromatic rings. The summed E-state index contributed by atoms with van der Waals surface area (Å²) in [6, 6.07) is 4.32. The first-order chi connectivity index (χ1) is 12.4. The van der Waals surface area contributed by atoms with E-state index in [0.29, 0.717) is 0 Å². The summed E-state index contributed by atoms with van der Waals surface area (Å²) in [5, 5.41) is 11.1. The number of fused-ring (bicyclic) bond motifs is 5. The van der Waals surface area contributed by atoms with Gasteiger partial charge in [0, 0.05) is 37.5 Å². The lowest BCUT2D eigenvalue weighted by Gasteiger charge is -2.53. The number of nitrogens with zero attached hydrogens (tertiary/aromatic N) is 1. The molecule has 1 fully saturated rings. The van der Waals surface area contributed by atoms with Crippen molar-refractivity contribution in [2.45, 2.75) is 45.6 Å². The lowest BCUT2D eigenvalue weighted by atomic mass is 9.61. The van der Waals surface area contributed by atoms with E-state index in [1.807, 2.05) is 6.92 Å². The first kappa shape index (κ1) is 18.5. The average molecular weight is 484 g/mol. The first-order valence-electron chi connectivity index (χ1n) is 9.36. The lowest BCUT2D eigenvalue weighted by molar-refractivity contribution is -0.151. The number of hydrogen-bond acceptors (Lipinski definition) is 2. The summed E-state index contributed by atoms with van der Waals surface area (Å²) in [6.07, 6.45) is 3.92. The number of halogens is 2. The molecule has 2 aliphatic rings. The number of rotatable bonds is 3. The van der Waals surface area contributed by atoms with Gasteiger partial charge >= 0.3 is 5.97 Å². The van der Waals surface area contributed by atoms with Crippen LogP contribution in [0.4, 0.5) is 0 Å². The van der Waals surface area contributed by atoms with Gasteiger partial charge < -0.3 is 10.1 Å². The molecule has 1 aromatic heterocycles. The number of benzene rings is 1. The van der Waals surface area contributed by atoms with Crippen molar-refractivity contribution in [1.82, 2.24) is 9.88 Å². The van der Waals surface area contributed by atoms with Crippen molar-refractivity contribution in [2.75, 3.05) is 13.1 Å². The molecule has 4 nitrogen and oxygen atoms in total. The number of piperidine rings is 1. The van der Waals surface area contributed by atoms with Crippen LogP contribution in [-0.2, 0) is 11.2 Å². The molecule has 6 heteroatoms. The summed E-state index contributed by atoms with van der Waals surface area (Å²) in [5.41, 5.74) is 3.49. The number of carbonyl (C=O) groups is 1. The number of aliphatic carboxylic acids is 1. The maximum Gasteiger partial charge on any atom is 0.306 e. The SMILES string of the molecule is CC[C@@]1(C(C)C(=O)O)CCCN2CCc3c([nH]c4ccc(Br)c(Br)c34)[C@@H]21. The van der Waals surface area contributed by atoms with Crippen molar-refractivity contribution < 1.29 is 9.90 Å². The minimum absolute atomic E-state index is 0.147. The summed E-state index contributed by atoms with van der Waals surface area (Å²) >= 11 is 7.38. The molecular weight excluding hydrogens is 460 g/mol. The number of aromatic amines is 1. The van der Waals surface area contributed by atoms with Gasteiger partial charge in [0.15, 0.2) is 0 Å². The number of carboxylic acid groups (broad SMARTS) is 1. The third-order valence-electron chi connectivity index (χ3n) is 6.80. The Morgan fingerprint density at radius 2 is 2.19 bits per heavy atom. The number of aromatic nitrogens is 1. The fourth-order valence-corrected chi connectivity index (χ4v) is 6.30. The quantitative estimate of drug-likeness (QED) is 0.605. The van der Waals surface area contributed by atoms with Gasteiger partial charge in [-0.1, -0.05) is 13.8 Å². The molecule has 2 aliphatic heterocycles. The molecule has 0 radical (unpaired) electrons. The van der Waals surface area contributed by atoms with Crippen molar-refractivity contribution in [2.24, 2.45) is 11.3 Å². The fraction of sp³-hybridized carbons (Fsp3) is 0.550. The predicted molar refractivity (Wildman–Crippen MR) is 110 cm³/mol. The molecule has 0 amide bonds. The van der Waals surface area contributed by atoms with Crippen molar-refractivity contribution in [1.29, 1.82) is 0 Å². The van der Waals surface area contributed by atoms with Crippen molar-refractivity contribution >= 4 is 48.7 Å². The molecule has 140 valence electrons. The standard InChI is InChI=1S/C20H24Br2N2O2/c1-3-20(11(2)19(25)26)8-4-9-24-10-7-12-15-14(23-17(12)18(20)24)6-5-13(21)16(15)22/h5-6,11,18,23H,3-4,7-10H2,1-2H3,(H,25,26)/t11?,18-,20+/m1/s1. The van der Waals surface area contributed by atoms with Crippen LogP contribution in [0.2, 0.25) is 0 Å². The van der Waals surface area contributed by atoms with Crippen LogP contribution in [0.15, 0.2) is 21.1 Å². The van der Waals surface area contributed by atoms with Crippen molar-refractivity contribution in [3.05, 3.63) is 32.3 Å². The van der Waals surface area contributed by atoms with E-state index >= 15 is 0 Å². The zero-order valence-corrected chi connectivity index (χ0v) is 18.3. The van der Waals surface area contributed by atoms with Crippen LogP contribution >= 0.6 is 31.9 Å². The number of hydrogen-bond donors (Lipinski definition) is 2. The van der Waals surface area contributed by atoms with Gasteiger partial charge in [-0.05, 0) is 81.8 Å². The van der Waals surface area contributed by atoms with Crippen LogP contribution in [0.3, 0.4) is 0 Å². The van der Waals surface area contributed by atoms with Crippen molar-refractivity contribution in [3.8, 4) is 0 Å². The molecule has 1 saturated heterocycles. The van der Waals surface area contributed by atoms with Crippen LogP contribution in [0.25, 0.3) is 10.9 Å². The Kier molecular flexibility index (Phi) is 4.73. The molecule has 26 heavy (non-hydrogen) atoms. The Morgan fingerprint density at radius 3 is 2.88 bits per heavy atom. The molecule has 0 aliphatic carbocycles. The highest BCUT2D eigenvalue weighted by Crippen LogP contribution is 2.55. The summed E-state index contributed by atoms with van der Waals surface area (Å²) in [7, 11) is 0. The lowest BCUT2D eigenvalue weighted by Crippen LogP contribution is -2.53. The van der Waals surface area contributed by atoms with Gasteiger partial charge in [-0.25, -0.2) is 0 Å². The molecule has 0 spiro atoms. The van der Waals surface area contributed by atoms with E-state index in [1.165, 1.54) is 16.6 Å². The van der Waals surface area contributed by atoms with Crippen LogP contribution in [-0.4, -0.2) is 34.0 Å². The molecule has 3 atom stereocenters. The Balaban J connectivity index is 1.95. The molecule has 3 heterocycles. The smallest absolute Gasteiger partial charge is 0.306 e. The van der Waals surface area contributed by atoms with E-state index in [2.05, 4.69) is 60.8 Å². The van der Waals surface area contributed by atoms with E-state index in [-0.39, 0.29) is 17.4 Å². The normalized spacial score (nSPS) is 27.2. The third kappa shape index (κ3) is 2.52. The van der Waals surface area contributed by atoms with Gasteiger partial charge in [-0.2, -0.15) is 0 Å². The summed E-state index contributed by atoms with van der Waals surface area (Å²) < 4.78 is 2.14. The van der Waals surface area contributed by atoms with Gasteiger partial charge in [-0.3, -0.25) is 9.69 Å². The van der Waals surface area contributed by atoms with Crippen LogP contribution in [0.5, 0.6) is 0 Å². The molecule has 4 rings (SSSR count). The Bertz CT molecular complexity index is 878. The highest BCUT2D eigenvalue weighted by molar-refractivity contribution is 9.13. The van der Waals surface area contributed by atoms with Crippen LogP contribution in [0.1, 0.15) is 50.4 Å². The van der Waals surface area contributed by atoms with E-state index in [4.69, 9.17) is 0 Å². The second-order valence-corrected chi connectivity index (χ2v) is 9.39. The van der Waals surface area contributed by atoms with E-state index < -0.39 is 5.97 Å². The molecule has 0 bridgehead atoms. The molecule has 1 unspecified atom stereocenters. The Labute approximate surface area is 170 Å². The average Bonchev–Trinajstić information content (AvgIpc) is 3.02. The topological polar surface area (TPSA) is 56.3 Å². The zero-order valence-electron chi connectivity index (χ0n) is 15.1. The molecule has 2 N–H and O–H groups in total. The largest absolute Gasteiger partial charge is 0.481 e. The first-order valence-corrected chi connectivity index (χ1v) is 10.9. The monoisotopic (exact) mass is 482 g/mol. The summed E-state index contributed by atoms with van der Waals surface area (Å²) in [6.45, 7) is 6.11. The van der Waals surface area contributed by atoms with Gasteiger partial charge in [0.05, 0.1) is 12.0 Å². The zero-order chi connectivity index (χ0) is 18.6. The van der Waals surface area contributed by atoms with E-state index in [9.17, 15) is 9.90 Å². The summed E-state index contributed by atoms with van der Waals surface area (Å²) in [5.74, 6) is -1.05. The maximum atomic E-state index is 12.0. The minimum Gasteiger partial charge on any atom is -0.481 e. The second-order valence-electron chi connectivity index (χ2n) is 7.74. The van der Waals surface area contributed by atoms with E-state index in [0.717, 1.165) is 53.2 Å². The second kappa shape index (κ2) is 6.64.